The van der Waals surface area contributed by atoms with Crippen LogP contribution in [0.4, 0.5) is 0 Å². The molecule has 2 heteroatoms. The van der Waals surface area contributed by atoms with Gasteiger partial charge in [-0.2, -0.15) is 0 Å². The molecule has 2 nitrogen and oxygen atoms in total. The first-order valence-electron chi connectivity index (χ1n) is 3.22. The highest BCUT2D eigenvalue weighted by molar-refractivity contribution is 4.34. The topological polar surface area (TPSA) is 46.2 Å². The van der Waals surface area contributed by atoms with Gasteiger partial charge in [0.2, 0.25) is 0 Å². The predicted molar refractivity (Wildman–Crippen MR) is 36.7 cm³/mol. The minimum absolute atomic E-state index is 0.275. The quantitative estimate of drug-likeness (QED) is 0.538. The van der Waals surface area contributed by atoms with Crippen molar-refractivity contribution in [3.05, 3.63) is 0 Å². The van der Waals surface area contributed by atoms with Crippen molar-refractivity contribution < 1.29 is 5.11 Å². The largest absolute Gasteiger partial charge is 0.396 e. The van der Waals surface area contributed by atoms with Gasteiger partial charge >= 0.3 is 0 Å². The van der Waals surface area contributed by atoms with Crippen molar-refractivity contribution in [3.8, 4) is 0 Å². The van der Waals surface area contributed by atoms with Crippen molar-refractivity contribution in [1.82, 2.24) is 0 Å². The summed E-state index contributed by atoms with van der Waals surface area (Å²) in [5, 5.41) is 8.14. The van der Waals surface area contributed by atoms with Crippen molar-refractivity contribution in [2.75, 3.05) is 13.2 Å². The summed E-state index contributed by atoms with van der Waals surface area (Å²) in [7, 11) is 0. The van der Waals surface area contributed by atoms with E-state index in [-0.39, 0.29) is 6.61 Å². The maximum absolute atomic E-state index is 8.14. The predicted octanol–water partition coefficient (Wildman–Crippen LogP) is 0.744. The van der Waals surface area contributed by atoms with E-state index in [1.165, 1.54) is 0 Å². The van der Waals surface area contributed by atoms with E-state index < -0.39 is 0 Å². The standard InChI is InChI=1S/C4H11NO.C2H6/c5-3-1-2-4-6;1-2/h6H,1-5H2;1-2H3. The van der Waals surface area contributed by atoms with Gasteiger partial charge in [0.1, 0.15) is 0 Å². The van der Waals surface area contributed by atoms with E-state index in [4.69, 9.17) is 10.8 Å². The van der Waals surface area contributed by atoms with Crippen molar-refractivity contribution in [2.24, 2.45) is 5.73 Å². The monoisotopic (exact) mass is 119 g/mol. The molecule has 0 saturated heterocycles. The van der Waals surface area contributed by atoms with E-state index in [2.05, 4.69) is 0 Å². The zero-order valence-corrected chi connectivity index (χ0v) is 5.85. The maximum Gasteiger partial charge on any atom is 0.0431 e. The third-order valence-electron chi connectivity index (χ3n) is 0.612. The van der Waals surface area contributed by atoms with Gasteiger partial charge in [-0.05, 0) is 19.4 Å². The Morgan fingerprint density at radius 3 is 1.88 bits per heavy atom. The van der Waals surface area contributed by atoms with E-state index >= 15 is 0 Å². The molecule has 0 atom stereocenters. The van der Waals surface area contributed by atoms with E-state index in [9.17, 15) is 0 Å². The van der Waals surface area contributed by atoms with Gasteiger partial charge < -0.3 is 10.8 Å². The highest BCUT2D eigenvalue weighted by Crippen LogP contribution is 1.79. The average molecular weight is 119 g/mol. The summed E-state index contributed by atoms with van der Waals surface area (Å²) in [6.45, 7) is 4.97. The van der Waals surface area contributed by atoms with Crippen LogP contribution < -0.4 is 5.73 Å². The molecule has 0 heterocycles. The first-order valence-corrected chi connectivity index (χ1v) is 3.22. The molecule has 52 valence electrons. The number of nitrogens with two attached hydrogens (primary N) is 1. The zero-order valence-electron chi connectivity index (χ0n) is 5.85. The average Bonchev–Trinajstić information content (AvgIpc) is 1.88. The van der Waals surface area contributed by atoms with Gasteiger partial charge in [-0.15, -0.1) is 0 Å². The molecular weight excluding hydrogens is 102 g/mol. The molecule has 0 rings (SSSR count). The molecule has 0 aromatic carbocycles. The number of hydrogen-bond donors (Lipinski definition) is 2. The normalized spacial score (nSPS) is 7.50. The van der Waals surface area contributed by atoms with Crippen LogP contribution in [-0.2, 0) is 0 Å². The summed E-state index contributed by atoms with van der Waals surface area (Å²) in [6.07, 6.45) is 1.78. The number of unbranched alkanes of at least 4 members (excludes halogenated alkanes) is 1. The summed E-state index contributed by atoms with van der Waals surface area (Å²) < 4.78 is 0. The highest BCUT2D eigenvalue weighted by Gasteiger charge is 1.76. The van der Waals surface area contributed by atoms with Gasteiger partial charge in [-0.3, -0.25) is 0 Å². The second-order valence-electron chi connectivity index (χ2n) is 1.22. The minimum atomic E-state index is 0.275. The molecule has 3 N–H and O–H groups in total. The molecule has 0 aromatic rings. The van der Waals surface area contributed by atoms with Gasteiger partial charge in [0.25, 0.3) is 0 Å². The molecule has 0 spiro atoms. The Bertz CT molecular complexity index is 20.5. The van der Waals surface area contributed by atoms with Gasteiger partial charge in [-0.25, -0.2) is 0 Å². The molecule has 8 heavy (non-hydrogen) atoms. The third kappa shape index (κ3) is 16.8. The first kappa shape index (κ1) is 10.8. The van der Waals surface area contributed by atoms with Crippen molar-refractivity contribution >= 4 is 0 Å². The molecule has 0 aliphatic rings. The summed E-state index contributed by atoms with van der Waals surface area (Å²) in [5.74, 6) is 0. The van der Waals surface area contributed by atoms with Crippen molar-refractivity contribution in [3.63, 3.8) is 0 Å². The number of aliphatic hydroxyl groups is 1. The highest BCUT2D eigenvalue weighted by atomic mass is 16.2. The molecule has 0 aliphatic carbocycles. The van der Waals surface area contributed by atoms with Crippen LogP contribution in [0.3, 0.4) is 0 Å². The number of rotatable bonds is 3. The maximum atomic E-state index is 8.14. The van der Waals surface area contributed by atoms with Crippen molar-refractivity contribution in [1.29, 1.82) is 0 Å². The Kier molecular flexibility index (Phi) is 21.3. The molecule has 0 bridgehead atoms. The molecule has 0 amide bonds. The van der Waals surface area contributed by atoms with Crippen LogP contribution in [0.15, 0.2) is 0 Å². The Morgan fingerprint density at radius 2 is 1.75 bits per heavy atom. The van der Waals surface area contributed by atoms with E-state index in [0.717, 1.165) is 12.8 Å². The Labute approximate surface area is 51.7 Å². The van der Waals surface area contributed by atoms with Gasteiger partial charge in [0, 0.05) is 6.61 Å². The second kappa shape index (κ2) is 15.8. The zero-order chi connectivity index (χ0) is 6.83. The van der Waals surface area contributed by atoms with Crippen LogP contribution in [-0.4, -0.2) is 18.3 Å². The molecule has 0 fully saturated rings. The Hall–Kier alpha value is -0.0800. The van der Waals surface area contributed by atoms with Crippen LogP contribution in [0.2, 0.25) is 0 Å². The second-order valence-corrected chi connectivity index (χ2v) is 1.22. The van der Waals surface area contributed by atoms with Crippen LogP contribution in [0.5, 0.6) is 0 Å². The van der Waals surface area contributed by atoms with Gasteiger partial charge in [0.15, 0.2) is 0 Å². The molecule has 0 unspecified atom stereocenters. The van der Waals surface area contributed by atoms with Gasteiger partial charge in [-0.1, -0.05) is 13.8 Å². The minimum Gasteiger partial charge on any atom is -0.396 e. The molecule has 0 radical (unpaired) electrons. The summed E-state index contributed by atoms with van der Waals surface area (Å²) in [6, 6.07) is 0. The lowest BCUT2D eigenvalue weighted by molar-refractivity contribution is 0.285. The molecule has 0 aliphatic heterocycles. The number of hydrogen-bond acceptors (Lipinski definition) is 2. The summed E-state index contributed by atoms with van der Waals surface area (Å²) in [4.78, 5) is 0. The molecule has 0 aromatic heterocycles. The van der Waals surface area contributed by atoms with Crippen LogP contribution in [0, 0.1) is 0 Å². The lowest BCUT2D eigenvalue weighted by atomic mass is 10.3. The molecule has 0 saturated carbocycles. The smallest absolute Gasteiger partial charge is 0.0431 e. The lowest BCUT2D eigenvalue weighted by Crippen LogP contribution is -1.98. The van der Waals surface area contributed by atoms with Crippen molar-refractivity contribution in [2.45, 2.75) is 26.7 Å². The van der Waals surface area contributed by atoms with Crippen LogP contribution >= 0.6 is 0 Å². The van der Waals surface area contributed by atoms with Gasteiger partial charge in [0.05, 0.1) is 0 Å². The fourth-order valence-electron chi connectivity index (χ4n) is 0.256. The van der Waals surface area contributed by atoms with Crippen LogP contribution in [0.1, 0.15) is 26.7 Å². The fourth-order valence-corrected chi connectivity index (χ4v) is 0.256. The summed E-state index contributed by atoms with van der Waals surface area (Å²) >= 11 is 0. The summed E-state index contributed by atoms with van der Waals surface area (Å²) in [5.41, 5.74) is 5.10. The van der Waals surface area contributed by atoms with E-state index in [1.54, 1.807) is 0 Å². The molecular formula is C6H17NO. The van der Waals surface area contributed by atoms with E-state index in [0.29, 0.717) is 6.54 Å². The number of aliphatic hydroxyl groups excluding tert-OH is 1. The Morgan fingerprint density at radius 1 is 1.25 bits per heavy atom. The third-order valence-corrected chi connectivity index (χ3v) is 0.612. The lowest BCUT2D eigenvalue weighted by Gasteiger charge is -1.86. The first-order chi connectivity index (χ1) is 3.91. The van der Waals surface area contributed by atoms with Crippen LogP contribution in [0.25, 0.3) is 0 Å². The fraction of sp³-hybridized carbons (Fsp3) is 1.00. The van der Waals surface area contributed by atoms with E-state index in [1.807, 2.05) is 13.8 Å². The Balaban J connectivity index is 0. The SMILES string of the molecule is CC.NCCCCO.